The average Bonchev–Trinajstić information content (AvgIpc) is 2.89. The lowest BCUT2D eigenvalue weighted by molar-refractivity contribution is -0.119. The number of carbonyl (C=O) groups is 1. The van der Waals surface area contributed by atoms with Crippen molar-refractivity contribution >= 4 is 21.6 Å². The molecule has 0 aromatic heterocycles. The molecule has 0 radical (unpaired) electrons. The van der Waals surface area contributed by atoms with Gasteiger partial charge in [0.25, 0.3) is 10.0 Å². The molecule has 0 spiro atoms. The van der Waals surface area contributed by atoms with E-state index in [0.29, 0.717) is 11.5 Å². The number of anilines is 1. The van der Waals surface area contributed by atoms with Crippen LogP contribution in [0.3, 0.4) is 0 Å². The number of carbonyl (C=O) groups excluding carboxylic acids is 1. The van der Waals surface area contributed by atoms with E-state index in [4.69, 9.17) is 18.9 Å². The number of hydrogen-bond acceptors (Lipinski definition) is 7. The molecule has 3 aromatic rings. The van der Waals surface area contributed by atoms with E-state index in [9.17, 15) is 13.2 Å². The second-order valence-electron chi connectivity index (χ2n) is 7.83. The van der Waals surface area contributed by atoms with E-state index in [1.165, 1.54) is 52.7 Å². The SMILES string of the molecule is COc1ccc(OC)c(N(CC(=O)NCc2cccc(C)c2)S(=O)(=O)c2ccc(OC)c(OC)c2)c1. The lowest BCUT2D eigenvalue weighted by Gasteiger charge is -2.26. The van der Waals surface area contributed by atoms with Crippen molar-refractivity contribution < 1.29 is 32.2 Å². The molecule has 0 bridgehead atoms. The number of nitrogens with one attached hydrogen (secondary N) is 1. The Morgan fingerprint density at radius 3 is 2.17 bits per heavy atom. The smallest absolute Gasteiger partial charge is 0.265 e. The van der Waals surface area contributed by atoms with Crippen molar-refractivity contribution in [3.8, 4) is 23.0 Å². The second kappa shape index (κ2) is 11.7. The molecule has 3 rings (SSSR count). The number of rotatable bonds is 11. The molecule has 10 heteroatoms. The van der Waals surface area contributed by atoms with Gasteiger partial charge in [0.15, 0.2) is 11.5 Å². The zero-order chi connectivity index (χ0) is 26.3. The normalized spacial score (nSPS) is 10.9. The summed E-state index contributed by atoms with van der Waals surface area (Å²) in [5, 5.41) is 2.80. The van der Waals surface area contributed by atoms with Crippen LogP contribution in [-0.4, -0.2) is 49.3 Å². The first-order chi connectivity index (χ1) is 17.2. The minimum Gasteiger partial charge on any atom is -0.497 e. The first-order valence-corrected chi connectivity index (χ1v) is 12.5. The molecular formula is C26H30N2O7S. The van der Waals surface area contributed by atoms with E-state index < -0.39 is 22.5 Å². The van der Waals surface area contributed by atoms with Crippen molar-refractivity contribution in [1.82, 2.24) is 5.32 Å². The molecule has 0 unspecified atom stereocenters. The lowest BCUT2D eigenvalue weighted by atomic mass is 10.1. The largest absolute Gasteiger partial charge is 0.497 e. The maximum absolute atomic E-state index is 13.9. The quantitative estimate of drug-likeness (QED) is 0.417. The number of benzene rings is 3. The number of amides is 1. The summed E-state index contributed by atoms with van der Waals surface area (Å²) in [5.74, 6) is 0.771. The third-order valence-electron chi connectivity index (χ3n) is 5.46. The van der Waals surface area contributed by atoms with Crippen molar-refractivity contribution in [3.63, 3.8) is 0 Å². The third kappa shape index (κ3) is 6.01. The molecule has 36 heavy (non-hydrogen) atoms. The molecule has 0 atom stereocenters. The fraction of sp³-hybridized carbons (Fsp3) is 0.269. The number of ether oxygens (including phenoxy) is 4. The Balaban J connectivity index is 2.02. The Labute approximate surface area is 211 Å². The Hall–Kier alpha value is -3.92. The van der Waals surface area contributed by atoms with Crippen LogP contribution in [0.15, 0.2) is 65.6 Å². The van der Waals surface area contributed by atoms with Gasteiger partial charge in [-0.2, -0.15) is 0 Å². The highest BCUT2D eigenvalue weighted by Gasteiger charge is 2.31. The first-order valence-electron chi connectivity index (χ1n) is 11.0. The van der Waals surface area contributed by atoms with Gasteiger partial charge in [0.2, 0.25) is 5.91 Å². The van der Waals surface area contributed by atoms with Gasteiger partial charge in [-0.3, -0.25) is 9.10 Å². The second-order valence-corrected chi connectivity index (χ2v) is 9.69. The van der Waals surface area contributed by atoms with Crippen LogP contribution in [0.5, 0.6) is 23.0 Å². The molecule has 0 heterocycles. The summed E-state index contributed by atoms with van der Waals surface area (Å²) in [4.78, 5) is 12.9. The number of aryl methyl sites for hydroxylation is 1. The molecule has 1 N–H and O–H groups in total. The van der Waals surface area contributed by atoms with Crippen molar-refractivity contribution in [2.75, 3.05) is 39.3 Å². The predicted octanol–water partition coefficient (Wildman–Crippen LogP) is 3.54. The van der Waals surface area contributed by atoms with Gasteiger partial charge in [-0.1, -0.05) is 29.8 Å². The van der Waals surface area contributed by atoms with Crippen LogP contribution < -0.4 is 28.6 Å². The van der Waals surface area contributed by atoms with Crippen molar-refractivity contribution in [2.45, 2.75) is 18.4 Å². The van der Waals surface area contributed by atoms with Crippen LogP contribution in [0.2, 0.25) is 0 Å². The summed E-state index contributed by atoms with van der Waals surface area (Å²) in [6.07, 6.45) is 0. The summed E-state index contributed by atoms with van der Waals surface area (Å²) < 4.78 is 50.0. The highest BCUT2D eigenvalue weighted by atomic mass is 32.2. The number of nitrogens with zero attached hydrogens (tertiary/aromatic N) is 1. The maximum atomic E-state index is 13.9. The van der Waals surface area contributed by atoms with Crippen LogP contribution in [0.1, 0.15) is 11.1 Å². The molecule has 9 nitrogen and oxygen atoms in total. The maximum Gasteiger partial charge on any atom is 0.265 e. The summed E-state index contributed by atoms with van der Waals surface area (Å²) in [6, 6.07) is 16.6. The fourth-order valence-corrected chi connectivity index (χ4v) is 5.04. The zero-order valence-corrected chi connectivity index (χ0v) is 21.7. The molecule has 0 saturated heterocycles. The molecule has 1 amide bonds. The lowest BCUT2D eigenvalue weighted by Crippen LogP contribution is -2.41. The van der Waals surface area contributed by atoms with Gasteiger partial charge in [0, 0.05) is 18.7 Å². The van der Waals surface area contributed by atoms with E-state index in [0.717, 1.165) is 15.4 Å². The molecule has 0 aliphatic heterocycles. The molecule has 0 fully saturated rings. The molecule has 192 valence electrons. The van der Waals surface area contributed by atoms with E-state index in [2.05, 4.69) is 5.32 Å². The standard InChI is InChI=1S/C26H30N2O7S/c1-18-7-6-8-19(13-18)16-27-26(29)17-28(22-14-20(32-2)9-11-23(22)33-3)36(30,31)21-10-12-24(34-4)25(15-21)35-5/h6-15H,16-17H2,1-5H3,(H,27,29). The number of hydrogen-bond donors (Lipinski definition) is 1. The fourth-order valence-electron chi connectivity index (χ4n) is 3.60. The van der Waals surface area contributed by atoms with Crippen LogP contribution in [0.25, 0.3) is 0 Å². The van der Waals surface area contributed by atoms with Crippen LogP contribution in [0, 0.1) is 6.92 Å². The van der Waals surface area contributed by atoms with Gasteiger partial charge in [-0.05, 0) is 36.8 Å². The molecule has 0 saturated carbocycles. The topological polar surface area (TPSA) is 103 Å². The van der Waals surface area contributed by atoms with Crippen molar-refractivity contribution in [2.24, 2.45) is 0 Å². The van der Waals surface area contributed by atoms with Crippen molar-refractivity contribution in [1.29, 1.82) is 0 Å². The minimum atomic E-state index is -4.25. The molecule has 0 aliphatic carbocycles. The van der Waals surface area contributed by atoms with Crippen LogP contribution in [0.4, 0.5) is 5.69 Å². The van der Waals surface area contributed by atoms with Gasteiger partial charge >= 0.3 is 0 Å². The summed E-state index contributed by atoms with van der Waals surface area (Å²) in [7, 11) is 1.50. The molecular weight excluding hydrogens is 484 g/mol. The summed E-state index contributed by atoms with van der Waals surface area (Å²) >= 11 is 0. The summed E-state index contributed by atoms with van der Waals surface area (Å²) in [6.45, 7) is 1.71. The minimum absolute atomic E-state index is 0.0866. The average molecular weight is 515 g/mol. The van der Waals surface area contributed by atoms with Crippen molar-refractivity contribution in [3.05, 3.63) is 71.8 Å². The van der Waals surface area contributed by atoms with Gasteiger partial charge in [-0.25, -0.2) is 8.42 Å². The van der Waals surface area contributed by atoms with Gasteiger partial charge in [0.1, 0.15) is 18.0 Å². The Morgan fingerprint density at radius 1 is 0.833 bits per heavy atom. The Morgan fingerprint density at radius 2 is 1.53 bits per heavy atom. The highest BCUT2D eigenvalue weighted by molar-refractivity contribution is 7.92. The number of sulfonamides is 1. The van der Waals surface area contributed by atoms with Gasteiger partial charge in [0.05, 0.1) is 39.0 Å². The Bertz CT molecular complexity index is 1330. The first kappa shape index (κ1) is 26.7. The molecule has 0 aliphatic rings. The van der Waals surface area contributed by atoms with Crippen LogP contribution in [-0.2, 0) is 21.4 Å². The molecule has 3 aromatic carbocycles. The van der Waals surface area contributed by atoms with Gasteiger partial charge in [-0.15, -0.1) is 0 Å². The predicted molar refractivity (Wildman–Crippen MR) is 137 cm³/mol. The Kier molecular flexibility index (Phi) is 8.65. The van der Waals surface area contributed by atoms with E-state index in [1.54, 1.807) is 12.1 Å². The van der Waals surface area contributed by atoms with E-state index in [1.807, 2.05) is 31.2 Å². The van der Waals surface area contributed by atoms with E-state index >= 15 is 0 Å². The number of methoxy groups -OCH3 is 4. The monoisotopic (exact) mass is 514 g/mol. The highest BCUT2D eigenvalue weighted by Crippen LogP contribution is 2.37. The zero-order valence-electron chi connectivity index (χ0n) is 20.9. The van der Waals surface area contributed by atoms with Crippen LogP contribution >= 0.6 is 0 Å². The summed E-state index contributed by atoms with van der Waals surface area (Å²) in [5.41, 5.74) is 2.11. The van der Waals surface area contributed by atoms with E-state index in [-0.39, 0.29) is 28.6 Å². The van der Waals surface area contributed by atoms with Gasteiger partial charge < -0.3 is 24.3 Å². The third-order valence-corrected chi connectivity index (χ3v) is 7.21.